The lowest BCUT2D eigenvalue weighted by molar-refractivity contribution is 0.585. The highest BCUT2D eigenvalue weighted by Gasteiger charge is 2.07. The van der Waals surface area contributed by atoms with E-state index in [4.69, 9.17) is 0 Å². The van der Waals surface area contributed by atoms with Gasteiger partial charge < -0.3 is 0 Å². The van der Waals surface area contributed by atoms with E-state index in [2.05, 4.69) is 11.3 Å². The zero-order chi connectivity index (χ0) is 12.0. The first kappa shape index (κ1) is 12.7. The van der Waals surface area contributed by atoms with Gasteiger partial charge in [-0.05, 0) is 18.6 Å². The topological polar surface area (TPSA) is 46.2 Å². The Bertz CT molecular complexity index is 463. The Kier molecular flexibility index (Phi) is 4.46. The molecular formula is C12H15NO2S. The molecule has 0 heterocycles. The summed E-state index contributed by atoms with van der Waals surface area (Å²) in [6, 6.07) is 8.99. The second-order valence-corrected chi connectivity index (χ2v) is 5.00. The van der Waals surface area contributed by atoms with E-state index >= 15 is 0 Å². The highest BCUT2D eigenvalue weighted by atomic mass is 32.2. The summed E-state index contributed by atoms with van der Waals surface area (Å²) in [5, 5.41) is 1.16. The number of benzene rings is 1. The fourth-order valence-corrected chi connectivity index (χ4v) is 2.11. The van der Waals surface area contributed by atoms with Gasteiger partial charge in [-0.15, -0.1) is 6.58 Å². The lowest BCUT2D eigenvalue weighted by Gasteiger charge is -2.06. The van der Waals surface area contributed by atoms with Gasteiger partial charge in [0.2, 0.25) is 10.0 Å². The summed E-state index contributed by atoms with van der Waals surface area (Å²) in [5.74, 6) is 0. The fraction of sp³-hybridized carbons (Fsp3) is 0.167. The van der Waals surface area contributed by atoms with Gasteiger partial charge in [-0.2, -0.15) is 0 Å². The van der Waals surface area contributed by atoms with E-state index in [0.29, 0.717) is 0 Å². The van der Waals surface area contributed by atoms with E-state index in [1.54, 1.807) is 13.0 Å². The molecule has 86 valence electrons. The quantitative estimate of drug-likeness (QED) is 0.798. The van der Waals surface area contributed by atoms with Crippen LogP contribution in [-0.4, -0.2) is 14.5 Å². The summed E-state index contributed by atoms with van der Waals surface area (Å²) in [6.45, 7) is 5.24. The third-order valence-electron chi connectivity index (χ3n) is 1.94. The van der Waals surface area contributed by atoms with Crippen molar-refractivity contribution in [1.82, 2.24) is 4.72 Å². The molecule has 0 aliphatic carbocycles. The van der Waals surface area contributed by atoms with Crippen molar-refractivity contribution in [3.8, 4) is 0 Å². The average molecular weight is 237 g/mol. The van der Waals surface area contributed by atoms with Crippen LogP contribution in [0.4, 0.5) is 0 Å². The molecule has 0 saturated carbocycles. The fourth-order valence-electron chi connectivity index (χ4n) is 1.08. The normalized spacial score (nSPS) is 13.8. The summed E-state index contributed by atoms with van der Waals surface area (Å²) in [6.07, 6.45) is 3.09. The van der Waals surface area contributed by atoms with E-state index in [-0.39, 0.29) is 6.04 Å². The lowest BCUT2D eigenvalue weighted by Crippen LogP contribution is -2.29. The Morgan fingerprint density at radius 2 is 1.94 bits per heavy atom. The molecule has 1 unspecified atom stereocenters. The van der Waals surface area contributed by atoms with Gasteiger partial charge in [-0.25, -0.2) is 13.1 Å². The summed E-state index contributed by atoms with van der Waals surface area (Å²) in [4.78, 5) is 0. The molecule has 1 aromatic carbocycles. The maximum absolute atomic E-state index is 11.5. The van der Waals surface area contributed by atoms with Crippen molar-refractivity contribution < 1.29 is 8.42 Å². The number of hydrogen-bond donors (Lipinski definition) is 1. The van der Waals surface area contributed by atoms with Gasteiger partial charge in [0.15, 0.2) is 0 Å². The van der Waals surface area contributed by atoms with Crippen molar-refractivity contribution in [1.29, 1.82) is 0 Å². The molecule has 1 N–H and O–H groups in total. The standard InChI is InChI=1S/C12H15NO2S/c1-3-11(2)13-16(14,15)10-9-12-7-5-4-6-8-12/h3-11,13H,1H2,2H3/b10-9+. The summed E-state index contributed by atoms with van der Waals surface area (Å²) < 4.78 is 25.5. The van der Waals surface area contributed by atoms with Crippen LogP contribution in [0.15, 0.2) is 48.4 Å². The van der Waals surface area contributed by atoms with Gasteiger partial charge in [-0.3, -0.25) is 0 Å². The molecule has 1 atom stereocenters. The number of hydrogen-bond acceptors (Lipinski definition) is 2. The van der Waals surface area contributed by atoms with Crippen LogP contribution in [0.1, 0.15) is 12.5 Å². The van der Waals surface area contributed by atoms with Gasteiger partial charge in [0, 0.05) is 11.4 Å². The zero-order valence-corrected chi connectivity index (χ0v) is 9.94. The predicted octanol–water partition coefficient (Wildman–Crippen LogP) is 2.15. The minimum absolute atomic E-state index is 0.273. The molecule has 0 spiro atoms. The average Bonchev–Trinajstić information content (AvgIpc) is 2.27. The van der Waals surface area contributed by atoms with Crippen molar-refractivity contribution in [2.75, 3.05) is 0 Å². The molecule has 1 rings (SSSR count). The molecule has 0 saturated heterocycles. The maximum Gasteiger partial charge on any atom is 0.234 e. The van der Waals surface area contributed by atoms with Gasteiger partial charge in [-0.1, -0.05) is 36.4 Å². The Morgan fingerprint density at radius 1 is 1.31 bits per heavy atom. The van der Waals surface area contributed by atoms with Gasteiger partial charge in [0.25, 0.3) is 0 Å². The monoisotopic (exact) mass is 237 g/mol. The molecule has 0 bridgehead atoms. The first-order chi connectivity index (χ1) is 7.53. The Balaban J connectivity index is 2.73. The van der Waals surface area contributed by atoms with E-state index in [1.807, 2.05) is 30.3 Å². The highest BCUT2D eigenvalue weighted by Crippen LogP contribution is 2.03. The van der Waals surface area contributed by atoms with Crippen molar-refractivity contribution in [3.05, 3.63) is 54.0 Å². The summed E-state index contributed by atoms with van der Waals surface area (Å²) in [5.41, 5.74) is 0.846. The molecule has 0 radical (unpaired) electrons. The maximum atomic E-state index is 11.5. The van der Waals surface area contributed by atoms with Crippen LogP contribution in [0.3, 0.4) is 0 Å². The highest BCUT2D eigenvalue weighted by molar-refractivity contribution is 7.92. The Labute approximate surface area is 96.6 Å². The van der Waals surface area contributed by atoms with E-state index in [1.165, 1.54) is 6.08 Å². The molecular weight excluding hydrogens is 222 g/mol. The van der Waals surface area contributed by atoms with Crippen molar-refractivity contribution in [3.63, 3.8) is 0 Å². The van der Waals surface area contributed by atoms with Gasteiger partial charge >= 0.3 is 0 Å². The largest absolute Gasteiger partial charge is 0.234 e. The second-order valence-electron chi connectivity index (χ2n) is 3.40. The molecule has 0 aliphatic rings. The SMILES string of the molecule is C=CC(C)NS(=O)(=O)/C=C/c1ccccc1. The van der Waals surface area contributed by atoms with E-state index in [0.717, 1.165) is 11.0 Å². The van der Waals surface area contributed by atoms with Crippen LogP contribution in [0, 0.1) is 0 Å². The first-order valence-electron chi connectivity index (χ1n) is 4.91. The predicted molar refractivity (Wildman–Crippen MR) is 67.2 cm³/mol. The second kappa shape index (κ2) is 5.63. The molecule has 16 heavy (non-hydrogen) atoms. The third kappa shape index (κ3) is 4.42. The zero-order valence-electron chi connectivity index (χ0n) is 9.13. The smallest absolute Gasteiger partial charge is 0.208 e. The van der Waals surface area contributed by atoms with Gasteiger partial charge in [0.05, 0.1) is 0 Å². The van der Waals surface area contributed by atoms with Crippen molar-refractivity contribution in [2.45, 2.75) is 13.0 Å². The summed E-state index contributed by atoms with van der Waals surface area (Å²) >= 11 is 0. The minimum atomic E-state index is -3.39. The van der Waals surface area contributed by atoms with Crippen molar-refractivity contribution in [2.24, 2.45) is 0 Å². The molecule has 1 aromatic rings. The number of nitrogens with one attached hydrogen (secondary N) is 1. The molecule has 0 fully saturated rings. The Hall–Kier alpha value is -1.39. The Morgan fingerprint density at radius 3 is 2.50 bits per heavy atom. The van der Waals surface area contributed by atoms with Crippen LogP contribution >= 0.6 is 0 Å². The molecule has 0 aliphatic heterocycles. The van der Waals surface area contributed by atoms with Crippen LogP contribution in [0.25, 0.3) is 6.08 Å². The van der Waals surface area contributed by atoms with Crippen LogP contribution < -0.4 is 4.72 Å². The van der Waals surface area contributed by atoms with Crippen LogP contribution in [0.2, 0.25) is 0 Å². The van der Waals surface area contributed by atoms with Crippen LogP contribution in [-0.2, 0) is 10.0 Å². The molecule has 4 heteroatoms. The lowest BCUT2D eigenvalue weighted by atomic mass is 10.2. The number of sulfonamides is 1. The summed E-state index contributed by atoms with van der Waals surface area (Å²) in [7, 11) is -3.39. The third-order valence-corrected chi connectivity index (χ3v) is 3.14. The van der Waals surface area contributed by atoms with E-state index in [9.17, 15) is 8.42 Å². The minimum Gasteiger partial charge on any atom is -0.208 e. The van der Waals surface area contributed by atoms with Crippen molar-refractivity contribution >= 4 is 16.1 Å². The van der Waals surface area contributed by atoms with Crippen LogP contribution in [0.5, 0.6) is 0 Å². The molecule has 0 amide bonds. The van der Waals surface area contributed by atoms with Gasteiger partial charge in [0.1, 0.15) is 0 Å². The van der Waals surface area contributed by atoms with E-state index < -0.39 is 10.0 Å². The molecule has 0 aromatic heterocycles. The molecule has 3 nitrogen and oxygen atoms in total. The first-order valence-corrected chi connectivity index (χ1v) is 6.46. The number of rotatable bonds is 5.